The minimum absolute atomic E-state index is 0.471. The fourth-order valence-corrected chi connectivity index (χ4v) is 2.28. The third-order valence-electron chi connectivity index (χ3n) is 3.22. The maximum Gasteiger partial charge on any atom is 0.243 e. The van der Waals surface area contributed by atoms with Crippen molar-refractivity contribution in [2.75, 3.05) is 25.5 Å². The fraction of sp³-hybridized carbons (Fsp3) is 0.500. The first-order valence-corrected chi connectivity index (χ1v) is 5.99. The summed E-state index contributed by atoms with van der Waals surface area (Å²) in [5, 5.41) is 7.81. The van der Waals surface area contributed by atoms with Gasteiger partial charge in [-0.3, -0.25) is 0 Å². The number of pyridine rings is 1. The third-order valence-corrected chi connectivity index (χ3v) is 3.22. The van der Waals surface area contributed by atoms with Crippen molar-refractivity contribution in [3.05, 3.63) is 23.9 Å². The summed E-state index contributed by atoms with van der Waals surface area (Å²) in [6.07, 6.45) is 3.11. The molecule has 1 aliphatic rings. The molecule has 0 bridgehead atoms. The normalized spacial score (nSPS) is 21.2. The highest BCUT2D eigenvalue weighted by Crippen LogP contribution is 2.13. The van der Waals surface area contributed by atoms with Crippen LogP contribution in [0.5, 0.6) is 0 Å². The lowest BCUT2D eigenvalue weighted by molar-refractivity contribution is 0.414. The number of rotatable bonds is 2. The Hall–Kier alpha value is -1.62. The van der Waals surface area contributed by atoms with Gasteiger partial charge in [0, 0.05) is 18.8 Å². The van der Waals surface area contributed by atoms with Gasteiger partial charge in [-0.15, -0.1) is 5.10 Å². The van der Waals surface area contributed by atoms with E-state index in [1.165, 1.54) is 5.56 Å². The molecule has 0 saturated carbocycles. The molecule has 3 rings (SSSR count). The second kappa shape index (κ2) is 4.00. The van der Waals surface area contributed by atoms with Crippen LogP contribution in [-0.4, -0.2) is 45.7 Å². The average Bonchev–Trinajstić information content (AvgIpc) is 2.84. The highest BCUT2D eigenvalue weighted by atomic mass is 15.4. The van der Waals surface area contributed by atoms with Crippen LogP contribution in [0.1, 0.15) is 12.0 Å². The maximum absolute atomic E-state index is 4.48. The van der Waals surface area contributed by atoms with Gasteiger partial charge in [0.1, 0.15) is 0 Å². The SMILES string of the molecule is Cc1ccn2nc(NC3CCN(C)C3)nc2c1. The molecule has 90 valence electrons. The van der Waals surface area contributed by atoms with Crippen LogP contribution >= 0.6 is 0 Å². The molecule has 0 aliphatic carbocycles. The van der Waals surface area contributed by atoms with Crippen LogP contribution in [0.3, 0.4) is 0 Å². The molecule has 2 aromatic heterocycles. The lowest BCUT2D eigenvalue weighted by atomic mass is 10.3. The van der Waals surface area contributed by atoms with Crippen molar-refractivity contribution in [2.24, 2.45) is 0 Å². The molecular formula is C12H17N5. The van der Waals surface area contributed by atoms with E-state index >= 15 is 0 Å². The third kappa shape index (κ3) is 2.10. The summed E-state index contributed by atoms with van der Waals surface area (Å²) in [5.41, 5.74) is 2.11. The van der Waals surface area contributed by atoms with E-state index < -0.39 is 0 Å². The maximum atomic E-state index is 4.48. The quantitative estimate of drug-likeness (QED) is 0.842. The fourth-order valence-electron chi connectivity index (χ4n) is 2.28. The largest absolute Gasteiger partial charge is 0.349 e. The Balaban J connectivity index is 1.81. The molecule has 1 fully saturated rings. The minimum Gasteiger partial charge on any atom is -0.349 e. The topological polar surface area (TPSA) is 45.5 Å². The van der Waals surface area contributed by atoms with Gasteiger partial charge in [0.25, 0.3) is 0 Å². The molecule has 1 saturated heterocycles. The van der Waals surface area contributed by atoms with Crippen molar-refractivity contribution in [1.82, 2.24) is 19.5 Å². The number of fused-ring (bicyclic) bond motifs is 1. The van der Waals surface area contributed by atoms with Crippen molar-refractivity contribution in [3.8, 4) is 0 Å². The zero-order chi connectivity index (χ0) is 11.8. The molecule has 1 aliphatic heterocycles. The molecule has 1 N–H and O–H groups in total. The Morgan fingerprint density at radius 3 is 3.12 bits per heavy atom. The zero-order valence-corrected chi connectivity index (χ0v) is 10.2. The second-order valence-electron chi connectivity index (χ2n) is 4.83. The van der Waals surface area contributed by atoms with E-state index in [0.29, 0.717) is 6.04 Å². The second-order valence-corrected chi connectivity index (χ2v) is 4.83. The lowest BCUT2D eigenvalue weighted by Gasteiger charge is -2.10. The smallest absolute Gasteiger partial charge is 0.243 e. The first-order valence-electron chi connectivity index (χ1n) is 5.99. The predicted octanol–water partition coefficient (Wildman–Crippen LogP) is 1.15. The summed E-state index contributed by atoms with van der Waals surface area (Å²) < 4.78 is 1.81. The minimum atomic E-state index is 0.471. The summed E-state index contributed by atoms with van der Waals surface area (Å²) in [7, 11) is 2.14. The summed E-state index contributed by atoms with van der Waals surface area (Å²) in [5.74, 6) is 0.732. The Bertz CT molecular complexity index is 533. The number of likely N-dealkylation sites (N-methyl/N-ethyl adjacent to an activating group) is 1. The Morgan fingerprint density at radius 2 is 2.35 bits per heavy atom. The van der Waals surface area contributed by atoms with Crippen molar-refractivity contribution in [3.63, 3.8) is 0 Å². The Labute approximate surface area is 100 Å². The van der Waals surface area contributed by atoms with E-state index in [1.807, 2.05) is 22.8 Å². The van der Waals surface area contributed by atoms with Crippen molar-refractivity contribution >= 4 is 11.6 Å². The molecule has 0 aromatic carbocycles. The number of nitrogens with one attached hydrogen (secondary N) is 1. The van der Waals surface area contributed by atoms with Gasteiger partial charge in [-0.2, -0.15) is 4.98 Å². The molecule has 0 spiro atoms. The molecule has 2 aromatic rings. The van der Waals surface area contributed by atoms with E-state index in [4.69, 9.17) is 0 Å². The molecule has 5 heteroatoms. The summed E-state index contributed by atoms with van der Waals surface area (Å²) in [6.45, 7) is 4.27. The number of likely N-dealkylation sites (tertiary alicyclic amines) is 1. The van der Waals surface area contributed by atoms with Crippen LogP contribution in [0.4, 0.5) is 5.95 Å². The van der Waals surface area contributed by atoms with Gasteiger partial charge in [-0.25, -0.2) is 4.52 Å². The van der Waals surface area contributed by atoms with Crippen molar-refractivity contribution in [1.29, 1.82) is 0 Å². The number of aromatic nitrogens is 3. The van der Waals surface area contributed by atoms with Gasteiger partial charge in [0.05, 0.1) is 0 Å². The number of anilines is 1. The van der Waals surface area contributed by atoms with Gasteiger partial charge in [-0.1, -0.05) is 0 Å². The molecule has 5 nitrogen and oxygen atoms in total. The van der Waals surface area contributed by atoms with Crippen LogP contribution in [0.25, 0.3) is 5.65 Å². The Kier molecular flexibility index (Phi) is 2.48. The van der Waals surface area contributed by atoms with E-state index in [-0.39, 0.29) is 0 Å². The number of aryl methyl sites for hydroxylation is 1. The van der Waals surface area contributed by atoms with E-state index in [2.05, 4.69) is 34.3 Å². The van der Waals surface area contributed by atoms with Crippen LogP contribution in [0.2, 0.25) is 0 Å². The molecular weight excluding hydrogens is 214 g/mol. The van der Waals surface area contributed by atoms with Crippen molar-refractivity contribution < 1.29 is 0 Å². The van der Waals surface area contributed by atoms with E-state index in [9.17, 15) is 0 Å². The van der Waals surface area contributed by atoms with Gasteiger partial charge < -0.3 is 10.2 Å². The first kappa shape index (κ1) is 10.5. The highest BCUT2D eigenvalue weighted by Gasteiger charge is 2.20. The molecule has 0 radical (unpaired) electrons. The molecule has 1 unspecified atom stereocenters. The molecule has 1 atom stereocenters. The number of hydrogen-bond acceptors (Lipinski definition) is 4. The average molecular weight is 231 g/mol. The number of hydrogen-bond donors (Lipinski definition) is 1. The highest BCUT2D eigenvalue weighted by molar-refractivity contribution is 5.45. The van der Waals surface area contributed by atoms with Crippen LogP contribution in [0.15, 0.2) is 18.3 Å². The van der Waals surface area contributed by atoms with Gasteiger partial charge in [0.2, 0.25) is 5.95 Å². The molecule has 3 heterocycles. The van der Waals surface area contributed by atoms with Gasteiger partial charge in [-0.05, 0) is 44.6 Å². The van der Waals surface area contributed by atoms with Crippen LogP contribution < -0.4 is 5.32 Å². The van der Waals surface area contributed by atoms with Crippen LogP contribution in [0, 0.1) is 6.92 Å². The predicted molar refractivity (Wildman–Crippen MR) is 67.2 cm³/mol. The molecule has 17 heavy (non-hydrogen) atoms. The van der Waals surface area contributed by atoms with Crippen LogP contribution in [-0.2, 0) is 0 Å². The Morgan fingerprint density at radius 1 is 1.47 bits per heavy atom. The molecule has 0 amide bonds. The van der Waals surface area contributed by atoms with E-state index in [0.717, 1.165) is 31.1 Å². The number of nitrogens with zero attached hydrogens (tertiary/aromatic N) is 4. The standard InChI is InChI=1S/C12H17N5/c1-9-3-6-17-11(7-9)14-12(15-17)13-10-4-5-16(2)8-10/h3,6-7,10H,4-5,8H2,1-2H3,(H,13,15). The summed E-state index contributed by atoms with van der Waals surface area (Å²) >= 11 is 0. The first-order chi connectivity index (χ1) is 8.20. The van der Waals surface area contributed by atoms with Crippen molar-refractivity contribution in [2.45, 2.75) is 19.4 Å². The summed E-state index contributed by atoms with van der Waals surface area (Å²) in [4.78, 5) is 6.80. The monoisotopic (exact) mass is 231 g/mol. The van der Waals surface area contributed by atoms with Gasteiger partial charge in [0.15, 0.2) is 5.65 Å². The lowest BCUT2D eigenvalue weighted by Crippen LogP contribution is -2.24. The zero-order valence-electron chi connectivity index (χ0n) is 10.2. The summed E-state index contributed by atoms with van der Waals surface area (Å²) in [6, 6.07) is 4.55. The van der Waals surface area contributed by atoms with E-state index in [1.54, 1.807) is 0 Å². The van der Waals surface area contributed by atoms with Gasteiger partial charge >= 0.3 is 0 Å².